The lowest BCUT2D eigenvalue weighted by Gasteiger charge is -2.28. The number of carbonyl (C=O) groups excluding carboxylic acids is 1. The summed E-state index contributed by atoms with van der Waals surface area (Å²) in [4.78, 5) is 25.8. The van der Waals surface area contributed by atoms with E-state index < -0.39 is 17.5 Å². The van der Waals surface area contributed by atoms with Crippen LogP contribution in [0.1, 0.15) is 49.3 Å². The molecule has 2 aromatic carbocycles. The number of nitrogens with two attached hydrogens (primary N) is 1. The molecule has 0 saturated heterocycles. The van der Waals surface area contributed by atoms with Crippen LogP contribution in [0.25, 0.3) is 11.0 Å². The molecule has 3 aromatic rings. The number of fused-ring (bicyclic) bond motifs is 3. The summed E-state index contributed by atoms with van der Waals surface area (Å²) >= 11 is 0. The predicted octanol–water partition coefficient (Wildman–Crippen LogP) is 4.17. The molecule has 4 rings (SSSR count). The molecule has 1 aliphatic rings. The zero-order chi connectivity index (χ0) is 21.4. The van der Waals surface area contributed by atoms with Crippen LogP contribution in [0.2, 0.25) is 0 Å². The molecule has 30 heavy (non-hydrogen) atoms. The number of esters is 1. The van der Waals surface area contributed by atoms with Crippen LogP contribution in [-0.2, 0) is 9.53 Å². The summed E-state index contributed by atoms with van der Waals surface area (Å²) in [6.45, 7) is 6.08. The fourth-order valence-corrected chi connectivity index (χ4v) is 3.78. The first-order valence-corrected chi connectivity index (χ1v) is 9.92. The smallest absolute Gasteiger partial charge is 0.344 e. The van der Waals surface area contributed by atoms with Crippen LogP contribution in [0.15, 0.2) is 69.2 Å². The Bertz CT molecular complexity index is 1200. The van der Waals surface area contributed by atoms with Crippen molar-refractivity contribution in [2.24, 2.45) is 5.73 Å². The molecule has 1 aromatic heterocycles. The van der Waals surface area contributed by atoms with Crippen LogP contribution in [0.5, 0.6) is 5.75 Å². The number of benzene rings is 2. The van der Waals surface area contributed by atoms with Gasteiger partial charge in [-0.1, -0.05) is 50.2 Å². The van der Waals surface area contributed by atoms with Gasteiger partial charge >= 0.3 is 11.6 Å². The van der Waals surface area contributed by atoms with E-state index in [1.54, 1.807) is 25.1 Å². The van der Waals surface area contributed by atoms with Gasteiger partial charge in [0.05, 0.1) is 23.5 Å². The molecule has 1 atom stereocenters. The second kappa shape index (κ2) is 7.71. The minimum absolute atomic E-state index is 0.0744. The largest absolute Gasteiger partial charge is 0.462 e. The first kappa shape index (κ1) is 19.8. The van der Waals surface area contributed by atoms with E-state index in [1.807, 2.05) is 30.3 Å². The molecule has 6 heteroatoms. The minimum Gasteiger partial charge on any atom is -0.462 e. The van der Waals surface area contributed by atoms with Crippen molar-refractivity contribution in [3.8, 4) is 5.75 Å². The standard InChI is InChI=1S/C24H23NO5/c1-4-28-23(26)20-18(15-11-9-14(10-12-15)13(2)3)19-21(30-22(20)25)16-7-5-6-8-17(16)29-24(19)27/h5-13,18H,4,25H2,1-3H3. The van der Waals surface area contributed by atoms with E-state index in [2.05, 4.69) is 13.8 Å². The molecule has 0 fully saturated rings. The third-order valence-corrected chi connectivity index (χ3v) is 5.29. The van der Waals surface area contributed by atoms with E-state index >= 15 is 0 Å². The Morgan fingerprint density at radius 1 is 1.13 bits per heavy atom. The van der Waals surface area contributed by atoms with Crippen molar-refractivity contribution in [3.05, 3.63) is 87.1 Å². The van der Waals surface area contributed by atoms with Crippen molar-refractivity contribution in [3.63, 3.8) is 0 Å². The van der Waals surface area contributed by atoms with Gasteiger partial charge in [0.25, 0.3) is 0 Å². The van der Waals surface area contributed by atoms with Crippen LogP contribution in [0, 0.1) is 0 Å². The van der Waals surface area contributed by atoms with Gasteiger partial charge in [0.1, 0.15) is 11.2 Å². The van der Waals surface area contributed by atoms with Crippen molar-refractivity contribution < 1.29 is 18.7 Å². The van der Waals surface area contributed by atoms with Gasteiger partial charge in [0.15, 0.2) is 5.75 Å². The van der Waals surface area contributed by atoms with Crippen LogP contribution < -0.4 is 16.1 Å². The maximum atomic E-state index is 13.0. The van der Waals surface area contributed by atoms with E-state index in [9.17, 15) is 9.59 Å². The highest BCUT2D eigenvalue weighted by Gasteiger charge is 2.39. The summed E-state index contributed by atoms with van der Waals surface area (Å²) in [6, 6.07) is 14.8. The second-order valence-electron chi connectivity index (χ2n) is 7.48. The lowest BCUT2D eigenvalue weighted by atomic mass is 9.82. The third-order valence-electron chi connectivity index (χ3n) is 5.29. The molecule has 0 radical (unpaired) electrons. The molecule has 6 nitrogen and oxygen atoms in total. The molecule has 1 aliphatic heterocycles. The highest BCUT2D eigenvalue weighted by Crippen LogP contribution is 2.44. The Hall–Kier alpha value is -3.54. The number of hydrogen-bond acceptors (Lipinski definition) is 6. The highest BCUT2D eigenvalue weighted by atomic mass is 16.5. The van der Waals surface area contributed by atoms with Crippen LogP contribution >= 0.6 is 0 Å². The van der Waals surface area contributed by atoms with Gasteiger partial charge in [-0.15, -0.1) is 0 Å². The lowest BCUT2D eigenvalue weighted by molar-refractivity contribution is -0.139. The third kappa shape index (κ3) is 3.24. The molecule has 0 bridgehead atoms. The zero-order valence-electron chi connectivity index (χ0n) is 17.1. The van der Waals surface area contributed by atoms with Crippen molar-refractivity contribution >= 4 is 16.9 Å². The Labute approximate surface area is 173 Å². The van der Waals surface area contributed by atoms with E-state index in [0.29, 0.717) is 22.6 Å². The molecule has 154 valence electrons. The van der Waals surface area contributed by atoms with Gasteiger partial charge < -0.3 is 19.6 Å². The number of carbonyl (C=O) groups is 1. The van der Waals surface area contributed by atoms with Crippen LogP contribution in [-0.4, -0.2) is 12.6 Å². The maximum absolute atomic E-state index is 13.0. The monoisotopic (exact) mass is 405 g/mol. The zero-order valence-corrected chi connectivity index (χ0v) is 17.1. The summed E-state index contributed by atoms with van der Waals surface area (Å²) in [7, 11) is 0. The number of hydrogen-bond donors (Lipinski definition) is 1. The normalized spacial score (nSPS) is 15.8. The summed E-state index contributed by atoms with van der Waals surface area (Å²) in [5.74, 6) is -0.791. The molecule has 2 N–H and O–H groups in total. The fraction of sp³-hybridized carbons (Fsp3) is 0.250. The fourth-order valence-electron chi connectivity index (χ4n) is 3.78. The van der Waals surface area contributed by atoms with Gasteiger partial charge in [-0.2, -0.15) is 0 Å². The van der Waals surface area contributed by atoms with E-state index in [0.717, 1.165) is 11.1 Å². The van der Waals surface area contributed by atoms with Gasteiger partial charge in [-0.05, 0) is 36.1 Å². The Kier molecular flexibility index (Phi) is 5.08. The lowest BCUT2D eigenvalue weighted by Crippen LogP contribution is -2.31. The van der Waals surface area contributed by atoms with Gasteiger partial charge in [-0.3, -0.25) is 0 Å². The van der Waals surface area contributed by atoms with Gasteiger partial charge in [0, 0.05) is 0 Å². The van der Waals surface area contributed by atoms with Gasteiger partial charge in [0.2, 0.25) is 5.88 Å². The average molecular weight is 405 g/mol. The van der Waals surface area contributed by atoms with Gasteiger partial charge in [-0.25, -0.2) is 9.59 Å². The molecular formula is C24H23NO5. The first-order valence-electron chi connectivity index (χ1n) is 9.92. The van der Waals surface area contributed by atoms with Crippen LogP contribution in [0.4, 0.5) is 0 Å². The molecule has 0 aliphatic carbocycles. The number of ether oxygens (including phenoxy) is 2. The van der Waals surface area contributed by atoms with E-state index in [-0.39, 0.29) is 23.6 Å². The summed E-state index contributed by atoms with van der Waals surface area (Å²) < 4.78 is 16.6. The molecular weight excluding hydrogens is 382 g/mol. The predicted molar refractivity (Wildman–Crippen MR) is 113 cm³/mol. The van der Waals surface area contributed by atoms with Crippen molar-refractivity contribution in [2.45, 2.75) is 32.6 Å². The number of para-hydroxylation sites is 1. The average Bonchev–Trinajstić information content (AvgIpc) is 2.73. The van der Waals surface area contributed by atoms with Crippen molar-refractivity contribution in [2.75, 3.05) is 6.61 Å². The minimum atomic E-state index is -0.755. The Morgan fingerprint density at radius 2 is 1.83 bits per heavy atom. The molecule has 0 spiro atoms. The topological polar surface area (TPSA) is 91.8 Å². The molecule has 1 unspecified atom stereocenters. The van der Waals surface area contributed by atoms with E-state index in [1.165, 1.54) is 0 Å². The molecule has 0 amide bonds. The summed E-state index contributed by atoms with van der Waals surface area (Å²) in [5.41, 5.74) is 8.23. The SMILES string of the molecule is CCOC(=O)C1=C(N)Oc2c(c(=O)oc3ccccc23)C1c1ccc(C(C)C)cc1. The van der Waals surface area contributed by atoms with E-state index in [4.69, 9.17) is 19.6 Å². The highest BCUT2D eigenvalue weighted by molar-refractivity contribution is 5.94. The maximum Gasteiger partial charge on any atom is 0.344 e. The first-order chi connectivity index (χ1) is 14.4. The Balaban J connectivity index is 1.99. The molecule has 2 heterocycles. The Morgan fingerprint density at radius 3 is 2.50 bits per heavy atom. The molecule has 0 saturated carbocycles. The quantitative estimate of drug-likeness (QED) is 0.517. The second-order valence-corrected chi connectivity index (χ2v) is 7.48. The van der Waals surface area contributed by atoms with Crippen molar-refractivity contribution in [1.82, 2.24) is 0 Å². The number of rotatable bonds is 4. The summed E-state index contributed by atoms with van der Waals surface area (Å²) in [6.07, 6.45) is 0. The summed E-state index contributed by atoms with van der Waals surface area (Å²) in [5, 5.41) is 0.613. The van der Waals surface area contributed by atoms with Crippen LogP contribution in [0.3, 0.4) is 0 Å². The van der Waals surface area contributed by atoms with Crippen molar-refractivity contribution in [1.29, 1.82) is 0 Å².